The van der Waals surface area contributed by atoms with E-state index in [4.69, 9.17) is 0 Å². The van der Waals surface area contributed by atoms with Crippen molar-refractivity contribution in [2.75, 3.05) is 0 Å². The molecule has 0 aromatic heterocycles. The molecule has 1 nitrogen and oxygen atoms in total. The van der Waals surface area contributed by atoms with Crippen molar-refractivity contribution >= 4 is 0 Å². The molecule has 0 radical (unpaired) electrons. The second-order valence-electron chi connectivity index (χ2n) is 6.29. The van der Waals surface area contributed by atoms with Crippen molar-refractivity contribution in [1.29, 1.82) is 0 Å². The first-order valence-corrected chi connectivity index (χ1v) is 6.58. The summed E-state index contributed by atoms with van der Waals surface area (Å²) < 4.78 is 0. The Morgan fingerprint density at radius 2 is 1.82 bits per heavy atom. The number of phenolic OH excluding ortho intramolecular Hbond substituents is 1. The fourth-order valence-corrected chi connectivity index (χ4v) is 2.10. The number of phenols is 1. The topological polar surface area (TPSA) is 20.2 Å². The fourth-order valence-electron chi connectivity index (χ4n) is 2.10. The first-order valence-electron chi connectivity index (χ1n) is 6.58. The summed E-state index contributed by atoms with van der Waals surface area (Å²) in [6.45, 7) is 13.0. The van der Waals surface area contributed by atoms with Crippen LogP contribution in [0.4, 0.5) is 0 Å². The molecule has 0 aliphatic rings. The number of rotatable bonds is 3. The van der Waals surface area contributed by atoms with Crippen LogP contribution in [-0.2, 0) is 11.8 Å². The molecule has 0 spiro atoms. The van der Waals surface area contributed by atoms with Gasteiger partial charge in [0.15, 0.2) is 0 Å². The van der Waals surface area contributed by atoms with Crippen LogP contribution in [0.1, 0.15) is 57.7 Å². The predicted molar refractivity (Wildman–Crippen MR) is 74.7 cm³/mol. The first kappa shape index (κ1) is 14.1. The van der Waals surface area contributed by atoms with Gasteiger partial charge in [0.2, 0.25) is 0 Å². The molecule has 0 fully saturated rings. The lowest BCUT2D eigenvalue weighted by molar-refractivity contribution is 0.432. The SMILES string of the molecule is CCC(C)Cc1cc(C)cc(C(C)(C)C)c1O. The largest absolute Gasteiger partial charge is 0.507 e. The molecule has 1 aromatic carbocycles. The summed E-state index contributed by atoms with van der Waals surface area (Å²) in [5.74, 6) is 1.12. The fraction of sp³-hybridized carbons (Fsp3) is 0.625. The van der Waals surface area contributed by atoms with Gasteiger partial charge in [-0.1, -0.05) is 58.7 Å². The van der Waals surface area contributed by atoms with Crippen LogP contribution in [0.5, 0.6) is 5.75 Å². The van der Waals surface area contributed by atoms with E-state index in [0.29, 0.717) is 11.7 Å². The van der Waals surface area contributed by atoms with Gasteiger partial charge >= 0.3 is 0 Å². The molecular formula is C16H26O. The Balaban J connectivity index is 3.19. The van der Waals surface area contributed by atoms with Crippen LogP contribution in [0, 0.1) is 12.8 Å². The molecule has 1 heteroatoms. The number of aromatic hydroxyl groups is 1. The monoisotopic (exact) mass is 234 g/mol. The summed E-state index contributed by atoms with van der Waals surface area (Å²) >= 11 is 0. The van der Waals surface area contributed by atoms with Crippen molar-refractivity contribution in [3.05, 3.63) is 28.8 Å². The Labute approximate surface area is 106 Å². The van der Waals surface area contributed by atoms with Crippen molar-refractivity contribution in [2.24, 2.45) is 5.92 Å². The lowest BCUT2D eigenvalue weighted by Crippen LogP contribution is -2.13. The summed E-state index contributed by atoms with van der Waals surface area (Å²) in [6, 6.07) is 4.23. The lowest BCUT2D eigenvalue weighted by atomic mass is 9.83. The van der Waals surface area contributed by atoms with Crippen molar-refractivity contribution in [3.8, 4) is 5.75 Å². The van der Waals surface area contributed by atoms with Crippen LogP contribution in [-0.4, -0.2) is 5.11 Å². The highest BCUT2D eigenvalue weighted by molar-refractivity contribution is 5.46. The zero-order chi connectivity index (χ0) is 13.2. The van der Waals surface area contributed by atoms with E-state index in [0.717, 1.165) is 24.0 Å². The quantitative estimate of drug-likeness (QED) is 0.811. The standard InChI is InChI=1S/C16H26O/c1-7-11(2)8-13-9-12(3)10-14(15(13)17)16(4,5)6/h9-11,17H,7-8H2,1-6H3. The van der Waals surface area contributed by atoms with Crippen LogP contribution in [0.2, 0.25) is 0 Å². The molecule has 0 heterocycles. The second-order valence-corrected chi connectivity index (χ2v) is 6.29. The van der Waals surface area contributed by atoms with Gasteiger partial charge < -0.3 is 5.11 Å². The number of hydrogen-bond donors (Lipinski definition) is 1. The third kappa shape index (κ3) is 3.49. The molecule has 0 bridgehead atoms. The van der Waals surface area contributed by atoms with E-state index in [1.807, 2.05) is 0 Å². The van der Waals surface area contributed by atoms with Crippen LogP contribution in [0.3, 0.4) is 0 Å². The summed E-state index contributed by atoms with van der Waals surface area (Å²) in [7, 11) is 0. The summed E-state index contributed by atoms with van der Waals surface area (Å²) in [5.41, 5.74) is 3.41. The van der Waals surface area contributed by atoms with Gasteiger partial charge in [-0.3, -0.25) is 0 Å². The van der Waals surface area contributed by atoms with E-state index in [1.165, 1.54) is 5.56 Å². The van der Waals surface area contributed by atoms with Gasteiger partial charge in [-0.05, 0) is 35.8 Å². The molecule has 0 aliphatic carbocycles. The van der Waals surface area contributed by atoms with Crippen molar-refractivity contribution in [2.45, 2.75) is 59.8 Å². The molecule has 1 N–H and O–H groups in total. The highest BCUT2D eigenvalue weighted by Gasteiger charge is 2.21. The summed E-state index contributed by atoms with van der Waals surface area (Å²) in [4.78, 5) is 0. The maximum atomic E-state index is 10.4. The van der Waals surface area contributed by atoms with E-state index in [1.54, 1.807) is 0 Å². The molecule has 1 aromatic rings. The minimum atomic E-state index is 0.000304. The van der Waals surface area contributed by atoms with Gasteiger partial charge in [0, 0.05) is 0 Å². The third-order valence-electron chi connectivity index (χ3n) is 3.41. The van der Waals surface area contributed by atoms with E-state index >= 15 is 0 Å². The van der Waals surface area contributed by atoms with Crippen LogP contribution >= 0.6 is 0 Å². The third-order valence-corrected chi connectivity index (χ3v) is 3.41. The molecule has 17 heavy (non-hydrogen) atoms. The number of aryl methyl sites for hydroxylation is 1. The van der Waals surface area contributed by atoms with Crippen molar-refractivity contribution in [3.63, 3.8) is 0 Å². The van der Waals surface area contributed by atoms with E-state index in [2.05, 4.69) is 53.7 Å². The average molecular weight is 234 g/mol. The molecule has 1 unspecified atom stereocenters. The summed E-state index contributed by atoms with van der Waals surface area (Å²) in [5, 5.41) is 10.4. The highest BCUT2D eigenvalue weighted by Crippen LogP contribution is 2.35. The van der Waals surface area contributed by atoms with Crippen LogP contribution in [0.15, 0.2) is 12.1 Å². The Bertz CT molecular complexity index is 385. The van der Waals surface area contributed by atoms with Gasteiger partial charge in [0.1, 0.15) is 5.75 Å². The number of hydrogen-bond acceptors (Lipinski definition) is 1. The van der Waals surface area contributed by atoms with Crippen LogP contribution in [0.25, 0.3) is 0 Å². The highest BCUT2D eigenvalue weighted by atomic mass is 16.3. The second kappa shape index (κ2) is 5.12. The minimum absolute atomic E-state index is 0.000304. The summed E-state index contributed by atoms with van der Waals surface area (Å²) in [6.07, 6.45) is 2.12. The normalized spacial score (nSPS) is 13.8. The van der Waals surface area contributed by atoms with Gasteiger partial charge in [-0.15, -0.1) is 0 Å². The predicted octanol–water partition coefficient (Wildman–Crippen LogP) is 4.59. The van der Waals surface area contributed by atoms with E-state index in [-0.39, 0.29) is 5.41 Å². The molecule has 0 saturated heterocycles. The van der Waals surface area contributed by atoms with E-state index in [9.17, 15) is 5.11 Å². The first-order chi connectivity index (χ1) is 7.75. The Hall–Kier alpha value is -0.980. The van der Waals surface area contributed by atoms with Gasteiger partial charge in [-0.25, -0.2) is 0 Å². The maximum Gasteiger partial charge on any atom is 0.122 e. The molecule has 1 atom stereocenters. The molecule has 0 amide bonds. The van der Waals surface area contributed by atoms with Crippen molar-refractivity contribution in [1.82, 2.24) is 0 Å². The lowest BCUT2D eigenvalue weighted by Gasteiger charge is -2.23. The molecule has 96 valence electrons. The number of benzene rings is 1. The van der Waals surface area contributed by atoms with E-state index < -0.39 is 0 Å². The molecular weight excluding hydrogens is 208 g/mol. The zero-order valence-corrected chi connectivity index (χ0v) is 12.1. The Morgan fingerprint density at radius 3 is 2.29 bits per heavy atom. The smallest absolute Gasteiger partial charge is 0.122 e. The maximum absolute atomic E-state index is 10.4. The molecule has 0 aliphatic heterocycles. The van der Waals surface area contributed by atoms with Crippen molar-refractivity contribution < 1.29 is 5.11 Å². The minimum Gasteiger partial charge on any atom is -0.507 e. The average Bonchev–Trinajstić information content (AvgIpc) is 2.21. The Kier molecular flexibility index (Phi) is 4.24. The molecule has 1 rings (SSSR count). The molecule has 0 saturated carbocycles. The van der Waals surface area contributed by atoms with Gasteiger partial charge in [0.25, 0.3) is 0 Å². The van der Waals surface area contributed by atoms with Crippen LogP contribution < -0.4 is 0 Å². The van der Waals surface area contributed by atoms with Gasteiger partial charge in [0.05, 0.1) is 0 Å². The van der Waals surface area contributed by atoms with Gasteiger partial charge in [-0.2, -0.15) is 0 Å². The zero-order valence-electron chi connectivity index (χ0n) is 12.1. The Morgan fingerprint density at radius 1 is 1.24 bits per heavy atom.